The molecule has 3 N–H and O–H groups in total. The molecule has 0 saturated carbocycles. The number of Topliss-reactive ketones (excluding diaryl/α,β-unsaturated/α-hetero) is 1. The molecule has 0 unspecified atom stereocenters. The van der Waals surface area contributed by atoms with E-state index in [0.29, 0.717) is 5.02 Å². The molecule has 0 fully saturated rings. The van der Waals surface area contributed by atoms with Crippen molar-refractivity contribution in [2.24, 2.45) is 0 Å². The number of nitro groups is 1. The molecular formula is C10H11ClN2O5. The van der Waals surface area contributed by atoms with Crippen molar-refractivity contribution in [2.45, 2.75) is 13.3 Å². The van der Waals surface area contributed by atoms with Crippen molar-refractivity contribution in [1.29, 1.82) is 0 Å². The molecule has 98 valence electrons. The van der Waals surface area contributed by atoms with Gasteiger partial charge in [0.25, 0.3) is 5.69 Å². The Balaban J connectivity index is 0.000000360. The van der Waals surface area contributed by atoms with Gasteiger partial charge in [0.05, 0.1) is 4.92 Å². The number of carboxylic acids is 1. The molecule has 8 heteroatoms. The Morgan fingerprint density at radius 2 is 2.06 bits per heavy atom. The second-order valence-corrected chi connectivity index (χ2v) is 3.67. The molecule has 1 rings (SSSR count). The minimum Gasteiger partial charge on any atom is -0.481 e. The lowest BCUT2D eigenvalue weighted by atomic mass is 10.3. The average molecular weight is 275 g/mol. The first-order valence-corrected chi connectivity index (χ1v) is 5.02. The van der Waals surface area contributed by atoms with E-state index < -0.39 is 10.9 Å². The number of hydrogen-bond acceptors (Lipinski definition) is 5. The van der Waals surface area contributed by atoms with Gasteiger partial charge in [0.15, 0.2) is 0 Å². The number of halogens is 1. The Morgan fingerprint density at radius 1 is 1.50 bits per heavy atom. The number of ketones is 1. The number of aliphatic carboxylic acids is 1. The molecule has 1 aromatic rings. The average Bonchev–Trinajstić information content (AvgIpc) is 2.20. The summed E-state index contributed by atoms with van der Waals surface area (Å²) in [5, 5.41) is 18.4. The maximum absolute atomic E-state index is 10.2. The van der Waals surface area contributed by atoms with Crippen molar-refractivity contribution < 1.29 is 19.6 Å². The van der Waals surface area contributed by atoms with Gasteiger partial charge >= 0.3 is 5.97 Å². The van der Waals surface area contributed by atoms with Crippen LogP contribution in [0.15, 0.2) is 18.2 Å². The molecule has 0 radical (unpaired) electrons. The van der Waals surface area contributed by atoms with Gasteiger partial charge in [-0.05, 0) is 19.1 Å². The topological polar surface area (TPSA) is 124 Å². The second kappa shape index (κ2) is 7.23. The third kappa shape index (κ3) is 6.44. The lowest BCUT2D eigenvalue weighted by molar-refractivity contribution is -0.383. The molecule has 0 bridgehead atoms. The van der Waals surface area contributed by atoms with E-state index in [4.69, 9.17) is 22.4 Å². The number of nitrogen functional groups attached to an aromatic ring is 1. The molecule has 0 heterocycles. The summed E-state index contributed by atoms with van der Waals surface area (Å²) in [4.78, 5) is 29.1. The first kappa shape index (κ1) is 15.9. The molecule has 0 aromatic heterocycles. The number of nitrogens with zero attached hydrogens (tertiary/aromatic N) is 1. The van der Waals surface area contributed by atoms with Crippen LogP contribution in [0.2, 0.25) is 5.02 Å². The Hall–Kier alpha value is -2.15. The molecular weight excluding hydrogens is 264 g/mol. The van der Waals surface area contributed by atoms with E-state index in [1.54, 1.807) is 0 Å². The molecule has 1 aromatic carbocycles. The summed E-state index contributed by atoms with van der Waals surface area (Å²) in [5.74, 6) is -1.37. The minimum absolute atomic E-state index is 0.124. The van der Waals surface area contributed by atoms with Gasteiger partial charge < -0.3 is 10.8 Å². The fourth-order valence-corrected chi connectivity index (χ4v) is 1.05. The first-order valence-electron chi connectivity index (χ1n) is 4.64. The highest BCUT2D eigenvalue weighted by Crippen LogP contribution is 2.24. The van der Waals surface area contributed by atoms with Crippen LogP contribution >= 0.6 is 11.6 Å². The lowest BCUT2D eigenvalue weighted by Crippen LogP contribution is -2.00. The molecule has 0 saturated heterocycles. The van der Waals surface area contributed by atoms with Gasteiger partial charge in [-0.2, -0.15) is 0 Å². The summed E-state index contributed by atoms with van der Waals surface area (Å²) in [7, 11) is 0. The number of carbonyl (C=O) groups is 2. The molecule has 0 atom stereocenters. The number of nitro benzene ring substituents is 1. The van der Waals surface area contributed by atoms with Crippen molar-refractivity contribution in [3.8, 4) is 0 Å². The Kier molecular flexibility index (Phi) is 6.37. The predicted molar refractivity (Wildman–Crippen MR) is 65.5 cm³/mol. The first-order chi connectivity index (χ1) is 8.23. The van der Waals surface area contributed by atoms with Crippen LogP contribution < -0.4 is 5.73 Å². The SMILES string of the molecule is CC(=O)CC(=O)O.Nc1ccc(Cl)cc1[N+](=O)[O-]. The van der Waals surface area contributed by atoms with Gasteiger partial charge in [0, 0.05) is 11.1 Å². The predicted octanol–water partition coefficient (Wildman–Crippen LogP) is 1.88. The van der Waals surface area contributed by atoms with Crippen LogP contribution in [0.25, 0.3) is 0 Å². The Bertz CT molecular complexity index is 463. The van der Waals surface area contributed by atoms with Crippen molar-refractivity contribution in [2.75, 3.05) is 5.73 Å². The third-order valence-electron chi connectivity index (χ3n) is 1.59. The van der Waals surface area contributed by atoms with Gasteiger partial charge in [0.2, 0.25) is 0 Å². The second-order valence-electron chi connectivity index (χ2n) is 3.23. The van der Waals surface area contributed by atoms with Crippen LogP contribution in [0, 0.1) is 10.1 Å². The number of hydrogen-bond donors (Lipinski definition) is 2. The standard InChI is InChI=1S/C6H5ClN2O2.C4H6O3/c7-4-1-2-5(8)6(3-4)9(10)11;1-3(5)2-4(6)7/h1-3H,8H2;2H2,1H3,(H,6,7). The van der Waals surface area contributed by atoms with Crippen LogP contribution in [0.1, 0.15) is 13.3 Å². The Morgan fingerprint density at radius 3 is 2.33 bits per heavy atom. The third-order valence-corrected chi connectivity index (χ3v) is 1.82. The fourth-order valence-electron chi connectivity index (χ4n) is 0.888. The summed E-state index contributed by atoms with van der Waals surface area (Å²) in [5.41, 5.74) is 5.26. The molecule has 0 spiro atoms. The van der Waals surface area contributed by atoms with Crippen LogP contribution in [0.3, 0.4) is 0 Å². The fraction of sp³-hybridized carbons (Fsp3) is 0.200. The molecule has 0 aliphatic heterocycles. The van der Waals surface area contributed by atoms with Gasteiger partial charge in [-0.1, -0.05) is 11.6 Å². The summed E-state index contributed by atoms with van der Waals surface area (Å²) in [6, 6.07) is 4.13. The van der Waals surface area contributed by atoms with Crippen molar-refractivity contribution in [3.05, 3.63) is 33.3 Å². The number of carbonyl (C=O) groups excluding carboxylic acids is 1. The maximum Gasteiger partial charge on any atom is 0.310 e. The lowest BCUT2D eigenvalue weighted by Gasteiger charge is -1.95. The van der Waals surface area contributed by atoms with Crippen LogP contribution in [0.4, 0.5) is 11.4 Å². The van der Waals surface area contributed by atoms with E-state index in [-0.39, 0.29) is 23.6 Å². The number of nitrogens with two attached hydrogens (primary N) is 1. The summed E-state index contributed by atoms with van der Waals surface area (Å²) in [6.07, 6.45) is -0.361. The number of carboxylic acid groups (broad SMARTS) is 1. The highest BCUT2D eigenvalue weighted by molar-refractivity contribution is 6.30. The van der Waals surface area contributed by atoms with E-state index >= 15 is 0 Å². The normalized spacial score (nSPS) is 9.00. The van der Waals surface area contributed by atoms with E-state index in [1.165, 1.54) is 25.1 Å². The van der Waals surface area contributed by atoms with Crippen molar-refractivity contribution in [1.82, 2.24) is 0 Å². The summed E-state index contributed by atoms with van der Waals surface area (Å²) in [6.45, 7) is 1.24. The summed E-state index contributed by atoms with van der Waals surface area (Å²) >= 11 is 5.50. The van der Waals surface area contributed by atoms with E-state index in [2.05, 4.69) is 0 Å². The van der Waals surface area contributed by atoms with Gasteiger partial charge in [-0.25, -0.2) is 0 Å². The smallest absolute Gasteiger partial charge is 0.310 e. The van der Waals surface area contributed by atoms with E-state index in [1.807, 2.05) is 0 Å². The van der Waals surface area contributed by atoms with Crippen molar-refractivity contribution >= 4 is 34.7 Å². The minimum atomic E-state index is -1.06. The monoisotopic (exact) mass is 274 g/mol. The van der Waals surface area contributed by atoms with Crippen LogP contribution in [-0.2, 0) is 9.59 Å². The zero-order chi connectivity index (χ0) is 14.3. The zero-order valence-electron chi connectivity index (χ0n) is 9.42. The zero-order valence-corrected chi connectivity index (χ0v) is 10.2. The number of anilines is 1. The van der Waals surface area contributed by atoms with Gasteiger partial charge in [-0.3, -0.25) is 19.7 Å². The number of benzene rings is 1. The van der Waals surface area contributed by atoms with Crippen molar-refractivity contribution in [3.63, 3.8) is 0 Å². The van der Waals surface area contributed by atoms with Gasteiger partial charge in [-0.15, -0.1) is 0 Å². The maximum atomic E-state index is 10.2. The van der Waals surface area contributed by atoms with E-state index in [9.17, 15) is 19.7 Å². The molecule has 0 amide bonds. The molecule has 0 aliphatic rings. The van der Waals surface area contributed by atoms with Gasteiger partial charge in [0.1, 0.15) is 17.9 Å². The van der Waals surface area contributed by atoms with Crippen LogP contribution in [-0.4, -0.2) is 21.8 Å². The number of rotatable bonds is 3. The van der Waals surface area contributed by atoms with Crippen LogP contribution in [0.5, 0.6) is 0 Å². The highest BCUT2D eigenvalue weighted by Gasteiger charge is 2.10. The summed E-state index contributed by atoms with van der Waals surface area (Å²) < 4.78 is 0. The quantitative estimate of drug-likeness (QED) is 0.375. The highest BCUT2D eigenvalue weighted by atomic mass is 35.5. The molecule has 0 aliphatic carbocycles. The van der Waals surface area contributed by atoms with E-state index in [0.717, 1.165) is 0 Å². The Labute approximate surface area is 107 Å². The largest absolute Gasteiger partial charge is 0.481 e. The molecule has 7 nitrogen and oxygen atoms in total. The molecule has 18 heavy (non-hydrogen) atoms.